The number of amides is 1. The Labute approximate surface area is 173 Å². The van der Waals surface area contributed by atoms with E-state index in [2.05, 4.69) is 15.4 Å². The third-order valence-corrected chi connectivity index (χ3v) is 5.23. The highest BCUT2D eigenvalue weighted by Gasteiger charge is 2.15. The molecule has 0 fully saturated rings. The highest BCUT2D eigenvalue weighted by molar-refractivity contribution is 7.99. The fourth-order valence-corrected chi connectivity index (χ4v) is 3.73. The molecule has 1 amide bonds. The molecule has 0 aliphatic heterocycles. The minimum Gasteiger partial charge on any atom is -0.493 e. The zero-order valence-corrected chi connectivity index (χ0v) is 17.7. The molecular weight excluding hydrogens is 392 g/mol. The maximum absolute atomic E-state index is 12.0. The molecular formula is C20H24N4O4S. The summed E-state index contributed by atoms with van der Waals surface area (Å²) in [5, 5.41) is 8.16. The van der Waals surface area contributed by atoms with E-state index in [1.165, 1.54) is 11.8 Å². The summed E-state index contributed by atoms with van der Waals surface area (Å²) in [5.74, 6) is 1.53. The van der Waals surface area contributed by atoms with Crippen LogP contribution in [0.15, 0.2) is 35.5 Å². The van der Waals surface area contributed by atoms with Gasteiger partial charge in [0, 0.05) is 24.9 Å². The van der Waals surface area contributed by atoms with Crippen molar-refractivity contribution in [1.82, 2.24) is 19.9 Å². The number of hydrogen-bond acceptors (Lipinski definition) is 7. The number of ether oxygens (including phenoxy) is 3. The van der Waals surface area contributed by atoms with Crippen molar-refractivity contribution in [2.45, 2.75) is 11.9 Å². The third kappa shape index (κ3) is 4.80. The number of aromatic nitrogens is 3. The molecule has 0 aliphatic rings. The Kier molecular flexibility index (Phi) is 6.95. The van der Waals surface area contributed by atoms with Crippen LogP contribution < -0.4 is 14.8 Å². The van der Waals surface area contributed by atoms with Gasteiger partial charge < -0.3 is 19.5 Å². The summed E-state index contributed by atoms with van der Waals surface area (Å²) in [6.07, 6.45) is 1.77. The van der Waals surface area contributed by atoms with Gasteiger partial charge in [-0.15, -0.1) is 0 Å². The summed E-state index contributed by atoms with van der Waals surface area (Å²) in [6, 6.07) is 7.62. The van der Waals surface area contributed by atoms with E-state index in [1.807, 2.05) is 31.2 Å². The first-order valence-electron chi connectivity index (χ1n) is 9.03. The summed E-state index contributed by atoms with van der Waals surface area (Å²) in [6.45, 7) is 2.91. The van der Waals surface area contributed by atoms with Crippen molar-refractivity contribution in [1.29, 1.82) is 0 Å². The number of hydrogen-bond donors (Lipinski definition) is 1. The fourth-order valence-electron chi connectivity index (χ4n) is 2.84. The molecule has 0 atom stereocenters. The number of nitrogens with zero attached hydrogens (tertiary/aromatic N) is 3. The lowest BCUT2D eigenvalue weighted by atomic mass is 10.1. The molecule has 0 bridgehead atoms. The van der Waals surface area contributed by atoms with E-state index in [1.54, 1.807) is 32.0 Å². The van der Waals surface area contributed by atoms with Crippen LogP contribution in [0.5, 0.6) is 11.5 Å². The highest BCUT2D eigenvalue weighted by Crippen LogP contribution is 2.34. The summed E-state index contributed by atoms with van der Waals surface area (Å²) < 4.78 is 17.4. The Morgan fingerprint density at radius 3 is 2.69 bits per heavy atom. The first kappa shape index (κ1) is 20.9. The molecule has 0 radical (unpaired) electrons. The van der Waals surface area contributed by atoms with E-state index in [4.69, 9.17) is 14.2 Å². The molecule has 3 aromatic rings. The summed E-state index contributed by atoms with van der Waals surface area (Å²) >= 11 is 1.42. The van der Waals surface area contributed by atoms with Crippen LogP contribution >= 0.6 is 11.8 Å². The van der Waals surface area contributed by atoms with Gasteiger partial charge in [0.2, 0.25) is 5.91 Å². The fraction of sp³-hybridized carbons (Fsp3) is 0.350. The van der Waals surface area contributed by atoms with E-state index in [0.29, 0.717) is 24.7 Å². The number of methoxy groups -OCH3 is 3. The van der Waals surface area contributed by atoms with Gasteiger partial charge >= 0.3 is 0 Å². The molecule has 8 nitrogen and oxygen atoms in total. The van der Waals surface area contributed by atoms with Gasteiger partial charge in [0.05, 0.1) is 32.8 Å². The molecule has 2 heterocycles. The first-order valence-corrected chi connectivity index (χ1v) is 10.0. The molecule has 0 saturated heterocycles. The Morgan fingerprint density at radius 1 is 1.17 bits per heavy atom. The lowest BCUT2D eigenvalue weighted by Crippen LogP contribution is -2.28. The SMILES string of the molecule is COCCNC(=O)CSc1cc(C)nc2c(-c3ccc(OC)c(OC)c3)cnn12. The molecule has 0 saturated carbocycles. The van der Waals surface area contributed by atoms with Gasteiger partial charge in [-0.1, -0.05) is 17.8 Å². The van der Waals surface area contributed by atoms with Gasteiger partial charge in [0.15, 0.2) is 17.1 Å². The monoisotopic (exact) mass is 416 g/mol. The topological polar surface area (TPSA) is 87.0 Å². The minimum absolute atomic E-state index is 0.0538. The lowest BCUT2D eigenvalue weighted by molar-refractivity contribution is -0.118. The van der Waals surface area contributed by atoms with Crippen LogP contribution in [-0.4, -0.2) is 60.7 Å². The van der Waals surface area contributed by atoms with Gasteiger partial charge in [-0.05, 0) is 30.7 Å². The van der Waals surface area contributed by atoms with E-state index in [9.17, 15) is 4.79 Å². The van der Waals surface area contributed by atoms with Crippen molar-refractivity contribution in [3.63, 3.8) is 0 Å². The minimum atomic E-state index is -0.0538. The predicted octanol–water partition coefficient (Wildman–Crippen LogP) is 2.58. The third-order valence-electron chi connectivity index (χ3n) is 4.24. The van der Waals surface area contributed by atoms with Gasteiger partial charge in [-0.3, -0.25) is 4.79 Å². The second-order valence-corrected chi connectivity index (χ2v) is 7.23. The first-order chi connectivity index (χ1) is 14.1. The van der Waals surface area contributed by atoms with Crippen molar-refractivity contribution in [2.24, 2.45) is 0 Å². The largest absolute Gasteiger partial charge is 0.493 e. The maximum atomic E-state index is 12.0. The van der Waals surface area contributed by atoms with Crippen molar-refractivity contribution in [3.8, 4) is 22.6 Å². The van der Waals surface area contributed by atoms with E-state index >= 15 is 0 Å². The second-order valence-electron chi connectivity index (χ2n) is 6.23. The Balaban J connectivity index is 1.88. The molecule has 3 rings (SSSR count). The Hall–Kier alpha value is -2.78. The predicted molar refractivity (Wildman–Crippen MR) is 112 cm³/mol. The van der Waals surface area contributed by atoms with Crippen LogP contribution in [0.1, 0.15) is 5.69 Å². The molecule has 9 heteroatoms. The maximum Gasteiger partial charge on any atom is 0.230 e. The van der Waals surface area contributed by atoms with Crippen LogP contribution in [0.25, 0.3) is 16.8 Å². The number of carbonyl (C=O) groups is 1. The lowest BCUT2D eigenvalue weighted by Gasteiger charge is -2.10. The molecule has 2 aromatic heterocycles. The standard InChI is InChI=1S/C20H24N4O4S/c1-13-9-19(29-12-18(25)21-7-8-26-2)24-20(23-13)15(11-22-24)14-5-6-16(27-3)17(10-14)28-4/h5-6,9-11H,7-8,12H2,1-4H3,(H,21,25). The van der Waals surface area contributed by atoms with Crippen molar-refractivity contribution in [3.05, 3.63) is 36.2 Å². The molecule has 29 heavy (non-hydrogen) atoms. The number of thioether (sulfide) groups is 1. The zero-order valence-electron chi connectivity index (χ0n) is 16.9. The number of nitrogens with one attached hydrogen (secondary N) is 1. The number of benzene rings is 1. The zero-order chi connectivity index (χ0) is 20.8. The van der Waals surface area contributed by atoms with Crippen LogP contribution in [0, 0.1) is 6.92 Å². The number of fused-ring (bicyclic) bond motifs is 1. The van der Waals surface area contributed by atoms with E-state index in [0.717, 1.165) is 27.5 Å². The van der Waals surface area contributed by atoms with E-state index < -0.39 is 0 Å². The molecule has 0 spiro atoms. The Morgan fingerprint density at radius 2 is 1.97 bits per heavy atom. The summed E-state index contributed by atoms with van der Waals surface area (Å²) in [5.41, 5.74) is 3.37. The summed E-state index contributed by atoms with van der Waals surface area (Å²) in [7, 11) is 4.81. The molecule has 0 unspecified atom stereocenters. The smallest absolute Gasteiger partial charge is 0.230 e. The Bertz CT molecular complexity index is 1010. The molecule has 1 N–H and O–H groups in total. The van der Waals surface area contributed by atoms with Crippen LogP contribution in [0.3, 0.4) is 0 Å². The van der Waals surface area contributed by atoms with Crippen molar-refractivity contribution in [2.75, 3.05) is 40.2 Å². The highest BCUT2D eigenvalue weighted by atomic mass is 32.2. The van der Waals surface area contributed by atoms with Crippen LogP contribution in [0.4, 0.5) is 0 Å². The van der Waals surface area contributed by atoms with Gasteiger partial charge in [0.25, 0.3) is 0 Å². The van der Waals surface area contributed by atoms with Gasteiger partial charge in [0.1, 0.15) is 5.03 Å². The number of carbonyl (C=O) groups excluding carboxylic acids is 1. The van der Waals surface area contributed by atoms with Gasteiger partial charge in [-0.25, -0.2) is 9.50 Å². The molecule has 1 aromatic carbocycles. The number of aryl methyl sites for hydroxylation is 1. The average molecular weight is 417 g/mol. The number of rotatable bonds is 9. The van der Waals surface area contributed by atoms with Crippen LogP contribution in [0.2, 0.25) is 0 Å². The molecule has 0 aliphatic carbocycles. The second kappa shape index (κ2) is 9.62. The van der Waals surface area contributed by atoms with Crippen molar-refractivity contribution >= 4 is 23.3 Å². The normalized spacial score (nSPS) is 10.9. The van der Waals surface area contributed by atoms with E-state index in [-0.39, 0.29) is 11.7 Å². The van der Waals surface area contributed by atoms with Crippen LogP contribution in [-0.2, 0) is 9.53 Å². The van der Waals surface area contributed by atoms with Crippen molar-refractivity contribution < 1.29 is 19.0 Å². The quantitative estimate of drug-likeness (QED) is 0.326. The molecule has 154 valence electrons. The van der Waals surface area contributed by atoms with Gasteiger partial charge in [-0.2, -0.15) is 5.10 Å². The summed E-state index contributed by atoms with van der Waals surface area (Å²) in [4.78, 5) is 16.7. The average Bonchev–Trinajstić information content (AvgIpc) is 3.15.